The fourth-order valence-corrected chi connectivity index (χ4v) is 1.91. The smallest absolute Gasteiger partial charge is 0.0636 e. The first-order chi connectivity index (χ1) is 8.74. The average Bonchev–Trinajstić information content (AvgIpc) is 2.80. The zero-order valence-electron chi connectivity index (χ0n) is 11.8. The summed E-state index contributed by atoms with van der Waals surface area (Å²) in [6.07, 6.45) is 2.85. The van der Waals surface area contributed by atoms with Crippen molar-refractivity contribution in [2.45, 2.75) is 52.6 Å². The Hall–Kier alpha value is -0.910. The van der Waals surface area contributed by atoms with Crippen molar-refractivity contribution in [2.24, 2.45) is 5.84 Å². The van der Waals surface area contributed by atoms with E-state index in [1.165, 1.54) is 5.69 Å². The first-order valence-corrected chi connectivity index (χ1v) is 6.84. The summed E-state index contributed by atoms with van der Waals surface area (Å²) in [5.74, 6) is 5.57. The van der Waals surface area contributed by atoms with Crippen LogP contribution in [0.15, 0.2) is 6.07 Å². The number of nitrogens with zero attached hydrogens (tertiary/aromatic N) is 2. The highest BCUT2D eigenvalue weighted by molar-refractivity contribution is 5.11. The molecule has 0 aliphatic carbocycles. The van der Waals surface area contributed by atoms with E-state index in [2.05, 4.69) is 37.4 Å². The molecule has 0 bridgehead atoms. The van der Waals surface area contributed by atoms with Crippen LogP contribution in [-0.4, -0.2) is 29.0 Å². The number of aryl methyl sites for hydroxylation is 2. The van der Waals surface area contributed by atoms with Gasteiger partial charge >= 0.3 is 0 Å². The van der Waals surface area contributed by atoms with Crippen molar-refractivity contribution in [1.82, 2.24) is 15.2 Å². The number of hydrogen-bond acceptors (Lipinski definition) is 4. The topological polar surface area (TPSA) is 65.1 Å². The second-order valence-electron chi connectivity index (χ2n) is 4.44. The number of nitrogens with one attached hydrogen (secondary N) is 1. The van der Waals surface area contributed by atoms with Gasteiger partial charge in [0.05, 0.1) is 12.3 Å². The molecule has 0 spiro atoms. The first kappa shape index (κ1) is 15.1. The van der Waals surface area contributed by atoms with Crippen LogP contribution in [0.2, 0.25) is 0 Å². The van der Waals surface area contributed by atoms with Gasteiger partial charge in [0.1, 0.15) is 0 Å². The zero-order valence-corrected chi connectivity index (χ0v) is 11.8. The molecule has 0 saturated carbocycles. The van der Waals surface area contributed by atoms with Crippen molar-refractivity contribution in [3.63, 3.8) is 0 Å². The van der Waals surface area contributed by atoms with Crippen LogP contribution in [0.5, 0.6) is 0 Å². The summed E-state index contributed by atoms with van der Waals surface area (Å²) in [7, 11) is 0. The molecule has 1 heterocycles. The largest absolute Gasteiger partial charge is 0.380 e. The summed E-state index contributed by atoms with van der Waals surface area (Å²) in [5.41, 5.74) is 5.18. The van der Waals surface area contributed by atoms with Gasteiger partial charge < -0.3 is 4.74 Å². The molecule has 1 unspecified atom stereocenters. The lowest BCUT2D eigenvalue weighted by molar-refractivity contribution is 0.111. The van der Waals surface area contributed by atoms with Gasteiger partial charge in [-0.15, -0.1) is 0 Å². The minimum absolute atomic E-state index is 0.142. The average molecular weight is 254 g/mol. The SMILES string of the molecule is CCCOCC(Cc1cc(CC)nn1CC)NN. The minimum Gasteiger partial charge on any atom is -0.380 e. The summed E-state index contributed by atoms with van der Waals surface area (Å²) >= 11 is 0. The van der Waals surface area contributed by atoms with Gasteiger partial charge in [0.15, 0.2) is 0 Å². The molecule has 0 aromatic carbocycles. The van der Waals surface area contributed by atoms with Gasteiger partial charge in [-0.2, -0.15) is 5.10 Å². The Labute approximate surface area is 110 Å². The van der Waals surface area contributed by atoms with E-state index in [0.717, 1.165) is 38.1 Å². The minimum atomic E-state index is 0.142. The van der Waals surface area contributed by atoms with Crippen LogP contribution in [0.4, 0.5) is 0 Å². The predicted molar refractivity (Wildman–Crippen MR) is 73.2 cm³/mol. The molecule has 104 valence electrons. The number of aromatic nitrogens is 2. The molecule has 0 aliphatic heterocycles. The highest BCUT2D eigenvalue weighted by atomic mass is 16.5. The fourth-order valence-electron chi connectivity index (χ4n) is 1.91. The molecule has 0 amide bonds. The van der Waals surface area contributed by atoms with E-state index < -0.39 is 0 Å². The Bertz CT molecular complexity index is 338. The van der Waals surface area contributed by atoms with E-state index in [0.29, 0.717) is 6.61 Å². The van der Waals surface area contributed by atoms with Crippen molar-refractivity contribution >= 4 is 0 Å². The van der Waals surface area contributed by atoms with Crippen LogP contribution < -0.4 is 11.3 Å². The molecule has 1 aromatic rings. The van der Waals surface area contributed by atoms with Crippen molar-refractivity contribution in [3.8, 4) is 0 Å². The molecule has 5 nitrogen and oxygen atoms in total. The van der Waals surface area contributed by atoms with E-state index in [9.17, 15) is 0 Å². The Morgan fingerprint density at radius 3 is 2.78 bits per heavy atom. The van der Waals surface area contributed by atoms with Crippen molar-refractivity contribution < 1.29 is 4.74 Å². The van der Waals surface area contributed by atoms with E-state index in [1.807, 2.05) is 4.68 Å². The van der Waals surface area contributed by atoms with Crippen molar-refractivity contribution in [3.05, 3.63) is 17.5 Å². The van der Waals surface area contributed by atoms with Gasteiger partial charge in [-0.3, -0.25) is 16.0 Å². The molecule has 0 aliphatic rings. The molecule has 0 fully saturated rings. The first-order valence-electron chi connectivity index (χ1n) is 6.84. The fraction of sp³-hybridized carbons (Fsp3) is 0.769. The monoisotopic (exact) mass is 254 g/mol. The predicted octanol–water partition coefficient (Wildman–Crippen LogP) is 1.27. The Morgan fingerprint density at radius 2 is 2.22 bits per heavy atom. The van der Waals surface area contributed by atoms with Crippen molar-refractivity contribution in [2.75, 3.05) is 13.2 Å². The van der Waals surface area contributed by atoms with Gasteiger partial charge in [0, 0.05) is 31.3 Å². The Kier molecular flexibility index (Phi) is 6.93. The highest BCUT2D eigenvalue weighted by Gasteiger charge is 2.12. The van der Waals surface area contributed by atoms with Crippen LogP contribution >= 0.6 is 0 Å². The summed E-state index contributed by atoms with van der Waals surface area (Å²) in [4.78, 5) is 0. The molecule has 18 heavy (non-hydrogen) atoms. The standard InChI is InChI=1S/C13H26N4O/c1-4-7-18-10-12(15-14)9-13-8-11(5-2)16-17(13)6-3/h8,12,15H,4-7,9-10,14H2,1-3H3. The van der Waals surface area contributed by atoms with E-state index >= 15 is 0 Å². The third-order valence-corrected chi connectivity index (χ3v) is 2.93. The van der Waals surface area contributed by atoms with Gasteiger partial charge in [-0.25, -0.2) is 0 Å². The number of ether oxygens (including phenoxy) is 1. The lowest BCUT2D eigenvalue weighted by Gasteiger charge is -2.16. The van der Waals surface area contributed by atoms with Gasteiger partial charge in [0.25, 0.3) is 0 Å². The Balaban J connectivity index is 2.59. The third kappa shape index (κ3) is 4.40. The number of rotatable bonds is 9. The lowest BCUT2D eigenvalue weighted by atomic mass is 10.1. The molecule has 1 rings (SSSR count). The van der Waals surface area contributed by atoms with Crippen LogP contribution in [0.25, 0.3) is 0 Å². The van der Waals surface area contributed by atoms with Crippen LogP contribution in [0.3, 0.4) is 0 Å². The summed E-state index contributed by atoms with van der Waals surface area (Å²) in [5, 5.41) is 4.54. The second kappa shape index (κ2) is 8.24. The third-order valence-electron chi connectivity index (χ3n) is 2.93. The maximum atomic E-state index is 5.57. The second-order valence-corrected chi connectivity index (χ2v) is 4.44. The quantitative estimate of drug-likeness (QED) is 0.396. The molecule has 1 aromatic heterocycles. The lowest BCUT2D eigenvalue weighted by Crippen LogP contribution is -2.40. The number of hydrazine groups is 1. The molecule has 1 atom stereocenters. The van der Waals surface area contributed by atoms with Crippen LogP contribution in [-0.2, 0) is 24.1 Å². The summed E-state index contributed by atoms with van der Waals surface area (Å²) < 4.78 is 7.59. The zero-order chi connectivity index (χ0) is 13.4. The molecule has 0 radical (unpaired) electrons. The van der Waals surface area contributed by atoms with E-state index in [1.54, 1.807) is 0 Å². The van der Waals surface area contributed by atoms with Gasteiger partial charge in [0.2, 0.25) is 0 Å². The van der Waals surface area contributed by atoms with Crippen LogP contribution in [0.1, 0.15) is 38.6 Å². The number of nitrogens with two attached hydrogens (primary N) is 1. The normalized spacial score (nSPS) is 12.9. The summed E-state index contributed by atoms with van der Waals surface area (Å²) in [6, 6.07) is 2.30. The van der Waals surface area contributed by atoms with Crippen LogP contribution in [0, 0.1) is 0 Å². The number of hydrogen-bond donors (Lipinski definition) is 2. The van der Waals surface area contributed by atoms with Gasteiger partial charge in [-0.1, -0.05) is 13.8 Å². The summed E-state index contributed by atoms with van der Waals surface area (Å²) in [6.45, 7) is 8.64. The maximum absolute atomic E-state index is 5.57. The van der Waals surface area contributed by atoms with Gasteiger partial charge in [-0.05, 0) is 25.8 Å². The molecule has 0 saturated heterocycles. The van der Waals surface area contributed by atoms with E-state index in [-0.39, 0.29) is 6.04 Å². The van der Waals surface area contributed by atoms with Crippen molar-refractivity contribution in [1.29, 1.82) is 0 Å². The Morgan fingerprint density at radius 1 is 1.44 bits per heavy atom. The van der Waals surface area contributed by atoms with E-state index in [4.69, 9.17) is 10.6 Å². The molecular formula is C13H26N4O. The molecule has 5 heteroatoms. The highest BCUT2D eigenvalue weighted by Crippen LogP contribution is 2.08. The maximum Gasteiger partial charge on any atom is 0.0636 e. The molecule has 3 N–H and O–H groups in total. The molecular weight excluding hydrogens is 228 g/mol.